The molecule has 0 aliphatic rings. The minimum atomic E-state index is -0.290. The molecule has 0 aliphatic carbocycles. The predicted molar refractivity (Wildman–Crippen MR) is 75.1 cm³/mol. The number of anilines is 1. The first kappa shape index (κ1) is 13.5. The quantitative estimate of drug-likeness (QED) is 0.936. The molecule has 0 radical (unpaired) electrons. The van der Waals surface area contributed by atoms with Crippen molar-refractivity contribution in [1.29, 1.82) is 5.26 Å². The summed E-state index contributed by atoms with van der Waals surface area (Å²) in [5.41, 5.74) is 2.84. The molecule has 3 nitrogen and oxygen atoms in total. The Morgan fingerprint density at radius 2 is 2.26 bits per heavy atom. The van der Waals surface area contributed by atoms with Gasteiger partial charge in [0.15, 0.2) is 0 Å². The number of aryl methyl sites for hydroxylation is 1. The van der Waals surface area contributed by atoms with Gasteiger partial charge in [-0.05, 0) is 46.6 Å². The maximum Gasteiger partial charge on any atom is 0.145 e. The van der Waals surface area contributed by atoms with Crippen LogP contribution in [-0.2, 0) is 6.54 Å². The molecule has 0 bridgehead atoms. The Morgan fingerprint density at radius 3 is 3.00 bits per heavy atom. The Balaban J connectivity index is 2.20. The highest BCUT2D eigenvalue weighted by atomic mass is 79.9. The summed E-state index contributed by atoms with van der Waals surface area (Å²) in [5, 5.41) is 12.1. The number of hydrogen-bond donors (Lipinski definition) is 1. The van der Waals surface area contributed by atoms with Crippen molar-refractivity contribution in [3.8, 4) is 6.07 Å². The second-order valence-corrected chi connectivity index (χ2v) is 4.91. The third-order valence-electron chi connectivity index (χ3n) is 2.73. The molecule has 96 valence electrons. The largest absolute Gasteiger partial charge is 0.381 e. The van der Waals surface area contributed by atoms with Gasteiger partial charge in [0, 0.05) is 24.0 Å². The van der Waals surface area contributed by atoms with E-state index in [9.17, 15) is 4.39 Å². The van der Waals surface area contributed by atoms with E-state index >= 15 is 0 Å². The summed E-state index contributed by atoms with van der Waals surface area (Å²) in [6.45, 7) is 2.29. The van der Waals surface area contributed by atoms with Crippen LogP contribution in [0.4, 0.5) is 10.1 Å². The van der Waals surface area contributed by atoms with Crippen LogP contribution in [-0.4, -0.2) is 4.98 Å². The first-order valence-electron chi connectivity index (χ1n) is 5.65. The number of nitrogens with zero attached hydrogens (tertiary/aromatic N) is 2. The van der Waals surface area contributed by atoms with E-state index in [1.807, 2.05) is 19.1 Å². The van der Waals surface area contributed by atoms with Crippen molar-refractivity contribution in [3.05, 3.63) is 57.6 Å². The summed E-state index contributed by atoms with van der Waals surface area (Å²) in [4.78, 5) is 3.99. The Kier molecular flexibility index (Phi) is 4.13. The molecule has 2 rings (SSSR count). The van der Waals surface area contributed by atoms with E-state index in [1.54, 1.807) is 18.3 Å². The standard InChI is InChI=1S/C14H11BrFN3/c1-9-5-12(16)11(15)6-13(9)19-8-10-3-2-4-18-14(10)7-17/h2-6,19H,8H2,1H3. The van der Waals surface area contributed by atoms with E-state index in [4.69, 9.17) is 5.26 Å². The number of aromatic nitrogens is 1. The van der Waals surface area contributed by atoms with E-state index < -0.39 is 0 Å². The first-order valence-corrected chi connectivity index (χ1v) is 6.44. The highest BCUT2D eigenvalue weighted by Crippen LogP contribution is 2.24. The van der Waals surface area contributed by atoms with Crippen molar-refractivity contribution in [2.24, 2.45) is 0 Å². The van der Waals surface area contributed by atoms with Crippen LogP contribution in [0.3, 0.4) is 0 Å². The average molecular weight is 320 g/mol. The number of rotatable bonds is 3. The van der Waals surface area contributed by atoms with Gasteiger partial charge in [-0.15, -0.1) is 0 Å². The topological polar surface area (TPSA) is 48.7 Å². The number of benzene rings is 1. The van der Waals surface area contributed by atoms with E-state index in [2.05, 4.69) is 26.2 Å². The molecule has 1 aromatic heterocycles. The second-order valence-electron chi connectivity index (χ2n) is 4.06. The Bertz CT molecular complexity index is 650. The summed E-state index contributed by atoms with van der Waals surface area (Å²) < 4.78 is 13.7. The normalized spacial score (nSPS) is 10.0. The minimum Gasteiger partial charge on any atom is -0.381 e. The SMILES string of the molecule is Cc1cc(F)c(Br)cc1NCc1cccnc1C#N. The number of nitrogens with one attached hydrogen (secondary N) is 1. The van der Waals surface area contributed by atoms with Crippen LogP contribution in [0.1, 0.15) is 16.8 Å². The lowest BCUT2D eigenvalue weighted by Crippen LogP contribution is -2.04. The van der Waals surface area contributed by atoms with Gasteiger partial charge in [0.05, 0.1) is 4.47 Å². The first-order chi connectivity index (χ1) is 9.11. The number of hydrogen-bond acceptors (Lipinski definition) is 3. The van der Waals surface area contributed by atoms with E-state index in [1.165, 1.54) is 6.07 Å². The molecule has 1 N–H and O–H groups in total. The van der Waals surface area contributed by atoms with Gasteiger partial charge in [0.1, 0.15) is 17.6 Å². The van der Waals surface area contributed by atoms with E-state index in [-0.39, 0.29) is 5.82 Å². The van der Waals surface area contributed by atoms with Crippen LogP contribution in [0, 0.1) is 24.1 Å². The highest BCUT2D eigenvalue weighted by molar-refractivity contribution is 9.10. The smallest absolute Gasteiger partial charge is 0.145 e. The minimum absolute atomic E-state index is 0.290. The van der Waals surface area contributed by atoms with Crippen LogP contribution in [0.2, 0.25) is 0 Å². The zero-order valence-corrected chi connectivity index (χ0v) is 11.8. The third kappa shape index (κ3) is 3.09. The molecular formula is C14H11BrFN3. The summed E-state index contributed by atoms with van der Waals surface area (Å²) in [7, 11) is 0. The molecule has 0 spiro atoms. The van der Waals surface area contributed by atoms with Gasteiger partial charge >= 0.3 is 0 Å². The molecule has 0 unspecified atom stereocenters. The lowest BCUT2D eigenvalue weighted by molar-refractivity contribution is 0.620. The van der Waals surface area contributed by atoms with E-state index in [0.29, 0.717) is 16.7 Å². The Hall–Kier alpha value is -1.93. The Morgan fingerprint density at radius 1 is 1.47 bits per heavy atom. The van der Waals surface area contributed by atoms with Gasteiger partial charge in [-0.25, -0.2) is 9.37 Å². The van der Waals surface area contributed by atoms with Gasteiger partial charge in [-0.2, -0.15) is 5.26 Å². The van der Waals surface area contributed by atoms with Crippen LogP contribution >= 0.6 is 15.9 Å². The van der Waals surface area contributed by atoms with Crippen molar-refractivity contribution >= 4 is 21.6 Å². The van der Waals surface area contributed by atoms with Gasteiger partial charge in [-0.3, -0.25) is 0 Å². The lowest BCUT2D eigenvalue weighted by Gasteiger charge is -2.11. The molecule has 2 aromatic rings. The fourth-order valence-electron chi connectivity index (χ4n) is 1.71. The van der Waals surface area contributed by atoms with E-state index in [0.717, 1.165) is 16.8 Å². The number of nitriles is 1. The fourth-order valence-corrected chi connectivity index (χ4v) is 2.05. The molecular weight excluding hydrogens is 309 g/mol. The van der Waals surface area contributed by atoms with Gasteiger partial charge in [0.25, 0.3) is 0 Å². The van der Waals surface area contributed by atoms with Crippen molar-refractivity contribution in [2.75, 3.05) is 5.32 Å². The van der Waals surface area contributed by atoms with Crippen LogP contribution in [0.25, 0.3) is 0 Å². The fraction of sp³-hybridized carbons (Fsp3) is 0.143. The van der Waals surface area contributed by atoms with Crippen molar-refractivity contribution < 1.29 is 4.39 Å². The second kappa shape index (κ2) is 5.81. The lowest BCUT2D eigenvalue weighted by atomic mass is 10.1. The Labute approximate surface area is 119 Å². The van der Waals surface area contributed by atoms with Crippen molar-refractivity contribution in [2.45, 2.75) is 13.5 Å². The van der Waals surface area contributed by atoms with Gasteiger partial charge in [0.2, 0.25) is 0 Å². The molecule has 0 atom stereocenters. The molecule has 0 saturated carbocycles. The molecule has 0 saturated heterocycles. The summed E-state index contributed by atoms with van der Waals surface area (Å²) >= 11 is 3.15. The summed E-state index contributed by atoms with van der Waals surface area (Å²) in [6.07, 6.45) is 1.59. The van der Waals surface area contributed by atoms with Crippen LogP contribution in [0.5, 0.6) is 0 Å². The van der Waals surface area contributed by atoms with Crippen molar-refractivity contribution in [1.82, 2.24) is 4.98 Å². The van der Waals surface area contributed by atoms with Gasteiger partial charge in [-0.1, -0.05) is 6.07 Å². The predicted octanol–water partition coefficient (Wildman–Crippen LogP) is 3.78. The molecule has 5 heteroatoms. The number of pyridine rings is 1. The van der Waals surface area contributed by atoms with Crippen molar-refractivity contribution in [3.63, 3.8) is 0 Å². The highest BCUT2D eigenvalue weighted by Gasteiger charge is 2.06. The maximum atomic E-state index is 13.3. The monoisotopic (exact) mass is 319 g/mol. The molecule has 0 fully saturated rings. The maximum absolute atomic E-state index is 13.3. The van der Waals surface area contributed by atoms with Crippen LogP contribution in [0.15, 0.2) is 34.9 Å². The zero-order chi connectivity index (χ0) is 13.8. The molecule has 0 amide bonds. The van der Waals surface area contributed by atoms with Crippen LogP contribution < -0.4 is 5.32 Å². The third-order valence-corrected chi connectivity index (χ3v) is 3.34. The van der Waals surface area contributed by atoms with Gasteiger partial charge < -0.3 is 5.32 Å². The molecule has 1 heterocycles. The zero-order valence-electron chi connectivity index (χ0n) is 10.2. The molecule has 19 heavy (non-hydrogen) atoms. The average Bonchev–Trinajstić information content (AvgIpc) is 2.41. The molecule has 0 aliphatic heterocycles. The summed E-state index contributed by atoms with van der Waals surface area (Å²) in [6, 6.07) is 8.82. The number of halogens is 2. The molecule has 1 aromatic carbocycles. The summed E-state index contributed by atoms with van der Waals surface area (Å²) in [5.74, 6) is -0.290.